The van der Waals surface area contributed by atoms with Crippen LogP contribution in [-0.2, 0) is 11.3 Å². The second kappa shape index (κ2) is 9.34. The highest BCUT2D eigenvalue weighted by molar-refractivity contribution is 5.99. The molecule has 0 fully saturated rings. The van der Waals surface area contributed by atoms with Gasteiger partial charge in [0.05, 0.1) is 12.6 Å². The van der Waals surface area contributed by atoms with Crippen molar-refractivity contribution in [1.82, 2.24) is 4.90 Å². The SMILES string of the molecule is CCC(c1ccccc1)N1Cc2cc(NC(=O)Nc3ccccc3)ccc2OCC1=O. The van der Waals surface area contributed by atoms with E-state index in [2.05, 4.69) is 17.6 Å². The first-order valence-corrected chi connectivity index (χ1v) is 10.4. The number of carbonyl (C=O) groups excluding carboxylic acids is 2. The van der Waals surface area contributed by atoms with Crippen LogP contribution in [0.3, 0.4) is 0 Å². The van der Waals surface area contributed by atoms with Crippen LogP contribution in [0.25, 0.3) is 0 Å². The van der Waals surface area contributed by atoms with Gasteiger partial charge < -0.3 is 20.3 Å². The van der Waals surface area contributed by atoms with Crippen LogP contribution in [0.2, 0.25) is 0 Å². The molecule has 4 rings (SSSR count). The molecule has 1 atom stereocenters. The molecule has 0 aromatic heterocycles. The van der Waals surface area contributed by atoms with Gasteiger partial charge in [-0.3, -0.25) is 4.79 Å². The monoisotopic (exact) mass is 415 g/mol. The fraction of sp³-hybridized carbons (Fsp3) is 0.200. The number of carbonyl (C=O) groups is 2. The van der Waals surface area contributed by atoms with Crippen molar-refractivity contribution in [2.45, 2.75) is 25.9 Å². The summed E-state index contributed by atoms with van der Waals surface area (Å²) in [6, 6.07) is 24.3. The van der Waals surface area contributed by atoms with E-state index in [1.54, 1.807) is 12.1 Å². The minimum Gasteiger partial charge on any atom is -0.483 e. The second-order valence-corrected chi connectivity index (χ2v) is 7.41. The van der Waals surface area contributed by atoms with Crippen molar-refractivity contribution in [2.75, 3.05) is 17.2 Å². The molecule has 6 nitrogen and oxygen atoms in total. The molecule has 0 aliphatic carbocycles. The minimum absolute atomic E-state index is 0.00238. The fourth-order valence-corrected chi connectivity index (χ4v) is 3.83. The molecular weight excluding hydrogens is 390 g/mol. The number of hydrogen-bond donors (Lipinski definition) is 2. The van der Waals surface area contributed by atoms with Crippen LogP contribution in [0.4, 0.5) is 16.2 Å². The Morgan fingerprint density at radius 1 is 0.968 bits per heavy atom. The number of nitrogens with one attached hydrogen (secondary N) is 2. The largest absolute Gasteiger partial charge is 0.483 e. The van der Waals surface area contributed by atoms with E-state index in [0.29, 0.717) is 23.7 Å². The van der Waals surface area contributed by atoms with Gasteiger partial charge in [-0.2, -0.15) is 0 Å². The summed E-state index contributed by atoms with van der Waals surface area (Å²) in [5, 5.41) is 5.65. The molecule has 0 spiro atoms. The van der Waals surface area contributed by atoms with E-state index >= 15 is 0 Å². The van der Waals surface area contributed by atoms with E-state index in [9.17, 15) is 9.59 Å². The molecule has 31 heavy (non-hydrogen) atoms. The zero-order chi connectivity index (χ0) is 21.6. The highest BCUT2D eigenvalue weighted by atomic mass is 16.5. The molecule has 3 amide bonds. The predicted molar refractivity (Wildman–Crippen MR) is 121 cm³/mol. The summed E-state index contributed by atoms with van der Waals surface area (Å²) in [5.41, 5.74) is 3.30. The Morgan fingerprint density at radius 3 is 2.35 bits per heavy atom. The van der Waals surface area contributed by atoms with Gasteiger partial charge in [0.15, 0.2) is 6.61 Å². The van der Waals surface area contributed by atoms with Gasteiger partial charge in [0.1, 0.15) is 5.75 Å². The third-order valence-corrected chi connectivity index (χ3v) is 5.31. The summed E-state index contributed by atoms with van der Waals surface area (Å²) in [5.74, 6) is 0.607. The Bertz CT molecular complexity index is 1050. The van der Waals surface area contributed by atoms with Crippen LogP contribution in [0.5, 0.6) is 5.75 Å². The lowest BCUT2D eigenvalue weighted by Gasteiger charge is -2.30. The number of anilines is 2. The van der Waals surface area contributed by atoms with Crippen molar-refractivity contribution in [2.24, 2.45) is 0 Å². The van der Waals surface area contributed by atoms with Crippen molar-refractivity contribution in [3.05, 3.63) is 90.0 Å². The van der Waals surface area contributed by atoms with Crippen LogP contribution in [0.1, 0.15) is 30.5 Å². The maximum Gasteiger partial charge on any atom is 0.323 e. The number of rotatable bonds is 5. The van der Waals surface area contributed by atoms with Gasteiger partial charge in [0.25, 0.3) is 5.91 Å². The number of amides is 3. The van der Waals surface area contributed by atoms with Gasteiger partial charge in [-0.05, 0) is 42.3 Å². The van der Waals surface area contributed by atoms with Gasteiger partial charge in [-0.1, -0.05) is 55.5 Å². The summed E-state index contributed by atoms with van der Waals surface area (Å²) < 4.78 is 5.76. The third-order valence-electron chi connectivity index (χ3n) is 5.31. The fourth-order valence-electron chi connectivity index (χ4n) is 3.83. The maximum absolute atomic E-state index is 12.8. The highest BCUT2D eigenvalue weighted by Gasteiger charge is 2.28. The molecule has 0 bridgehead atoms. The smallest absolute Gasteiger partial charge is 0.323 e. The van der Waals surface area contributed by atoms with E-state index in [1.165, 1.54) is 0 Å². The lowest BCUT2D eigenvalue weighted by Crippen LogP contribution is -2.35. The Hall–Kier alpha value is -3.80. The van der Waals surface area contributed by atoms with Crippen molar-refractivity contribution >= 4 is 23.3 Å². The van der Waals surface area contributed by atoms with Crippen molar-refractivity contribution in [3.8, 4) is 5.75 Å². The standard InChI is InChI=1S/C25H25N3O3/c1-2-22(18-9-5-3-6-10-18)28-16-19-15-21(13-14-23(19)31-17-24(28)29)27-25(30)26-20-11-7-4-8-12-20/h3-15,22H,2,16-17H2,1H3,(H2,26,27,30). The summed E-state index contributed by atoms with van der Waals surface area (Å²) in [4.78, 5) is 27.1. The van der Waals surface area contributed by atoms with E-state index in [1.807, 2.05) is 71.6 Å². The Labute approximate surface area is 181 Å². The van der Waals surface area contributed by atoms with Gasteiger partial charge in [-0.15, -0.1) is 0 Å². The van der Waals surface area contributed by atoms with E-state index in [4.69, 9.17) is 4.74 Å². The van der Waals surface area contributed by atoms with Crippen molar-refractivity contribution in [3.63, 3.8) is 0 Å². The van der Waals surface area contributed by atoms with Crippen LogP contribution in [0, 0.1) is 0 Å². The third kappa shape index (κ3) is 4.86. The number of para-hydroxylation sites is 1. The quantitative estimate of drug-likeness (QED) is 0.601. The average Bonchev–Trinajstić information content (AvgIpc) is 2.95. The van der Waals surface area contributed by atoms with Gasteiger partial charge in [0, 0.05) is 16.9 Å². The van der Waals surface area contributed by atoms with E-state index in [0.717, 1.165) is 17.5 Å². The van der Waals surface area contributed by atoms with Crippen LogP contribution in [0.15, 0.2) is 78.9 Å². The molecule has 1 heterocycles. The van der Waals surface area contributed by atoms with Crippen molar-refractivity contribution in [1.29, 1.82) is 0 Å². The number of urea groups is 1. The summed E-state index contributed by atoms with van der Waals surface area (Å²) >= 11 is 0. The van der Waals surface area contributed by atoms with Gasteiger partial charge in [0.2, 0.25) is 0 Å². The first-order valence-electron chi connectivity index (χ1n) is 10.4. The predicted octanol–water partition coefficient (Wildman–Crippen LogP) is 5.20. The molecule has 0 saturated carbocycles. The summed E-state index contributed by atoms with van der Waals surface area (Å²) in [6.07, 6.45) is 0.794. The summed E-state index contributed by atoms with van der Waals surface area (Å²) in [7, 11) is 0. The molecular formula is C25H25N3O3. The molecule has 2 N–H and O–H groups in total. The first kappa shape index (κ1) is 20.5. The number of ether oxygens (including phenoxy) is 1. The molecule has 3 aromatic rings. The lowest BCUT2D eigenvalue weighted by molar-refractivity contribution is -0.135. The second-order valence-electron chi connectivity index (χ2n) is 7.41. The molecule has 1 aliphatic heterocycles. The summed E-state index contributed by atoms with van der Waals surface area (Å²) in [6.45, 7) is 2.48. The maximum atomic E-state index is 12.8. The normalized spacial score (nSPS) is 14.1. The van der Waals surface area contributed by atoms with Gasteiger partial charge >= 0.3 is 6.03 Å². The molecule has 1 unspecified atom stereocenters. The number of benzene rings is 3. The molecule has 158 valence electrons. The molecule has 0 saturated heterocycles. The van der Waals surface area contributed by atoms with Crippen molar-refractivity contribution < 1.29 is 14.3 Å². The molecule has 1 aliphatic rings. The molecule has 0 radical (unpaired) electrons. The van der Waals surface area contributed by atoms with E-state index < -0.39 is 0 Å². The Morgan fingerprint density at radius 2 is 1.65 bits per heavy atom. The molecule has 3 aromatic carbocycles. The molecule has 6 heteroatoms. The minimum atomic E-state index is -0.329. The first-order chi connectivity index (χ1) is 15.1. The van der Waals surface area contributed by atoms with Crippen LogP contribution >= 0.6 is 0 Å². The highest BCUT2D eigenvalue weighted by Crippen LogP contribution is 2.32. The number of nitrogens with zero attached hydrogens (tertiary/aromatic N) is 1. The zero-order valence-electron chi connectivity index (χ0n) is 17.4. The Balaban J connectivity index is 1.53. The number of hydrogen-bond acceptors (Lipinski definition) is 3. The topological polar surface area (TPSA) is 70.7 Å². The van der Waals surface area contributed by atoms with Crippen LogP contribution < -0.4 is 15.4 Å². The van der Waals surface area contributed by atoms with Crippen LogP contribution in [-0.4, -0.2) is 23.4 Å². The average molecular weight is 415 g/mol. The Kier molecular flexibility index (Phi) is 6.17. The number of fused-ring (bicyclic) bond motifs is 1. The van der Waals surface area contributed by atoms with E-state index in [-0.39, 0.29) is 24.6 Å². The zero-order valence-corrected chi connectivity index (χ0v) is 17.4. The van der Waals surface area contributed by atoms with Gasteiger partial charge in [-0.25, -0.2) is 4.79 Å². The lowest BCUT2D eigenvalue weighted by atomic mass is 10.0.